The van der Waals surface area contributed by atoms with Crippen LogP contribution in [0.15, 0.2) is 0 Å². The number of methoxy groups -OCH3 is 1. The van der Waals surface area contributed by atoms with Crippen molar-refractivity contribution in [1.82, 2.24) is 9.27 Å². The van der Waals surface area contributed by atoms with E-state index in [2.05, 4.69) is 42.1 Å². The molecule has 0 bridgehead atoms. The maximum Gasteiger partial charge on any atom is 0.197 e. The zero-order chi connectivity index (χ0) is 13.0. The predicted molar refractivity (Wildman–Crippen MR) is 74.1 cm³/mol. The normalized spacial score (nSPS) is 12.8. The smallest absolute Gasteiger partial charge is 0.197 e. The van der Waals surface area contributed by atoms with Gasteiger partial charge >= 0.3 is 0 Å². The van der Waals surface area contributed by atoms with Crippen LogP contribution >= 0.6 is 11.5 Å². The molecule has 6 heteroatoms. The number of rotatable bonds is 6. The van der Waals surface area contributed by atoms with Crippen LogP contribution in [0.1, 0.15) is 13.8 Å². The van der Waals surface area contributed by atoms with Crippen LogP contribution in [0, 0.1) is 0 Å². The second-order valence-corrected chi connectivity index (χ2v) is 5.06. The molecule has 0 aliphatic carbocycles. The summed E-state index contributed by atoms with van der Waals surface area (Å²) in [6, 6.07) is 0.392. The molecule has 0 amide bonds. The molecule has 1 aromatic heterocycles. The minimum Gasteiger partial charge on any atom is -0.490 e. The summed E-state index contributed by atoms with van der Waals surface area (Å²) in [6.07, 6.45) is 0. The summed E-state index contributed by atoms with van der Waals surface area (Å²) in [4.78, 5) is 4.44. The third-order valence-corrected chi connectivity index (χ3v) is 3.51. The summed E-state index contributed by atoms with van der Waals surface area (Å²) in [5.74, 6) is 1.17. The van der Waals surface area contributed by atoms with Crippen LogP contribution in [0.3, 0.4) is 0 Å². The maximum atomic E-state index is 5.78. The first-order chi connectivity index (χ1) is 8.01. The molecule has 0 saturated carbocycles. The molecule has 0 aromatic carbocycles. The van der Waals surface area contributed by atoms with E-state index in [4.69, 9.17) is 10.5 Å². The average molecular weight is 258 g/mol. The Morgan fingerprint density at radius 2 is 2.12 bits per heavy atom. The van der Waals surface area contributed by atoms with Crippen molar-refractivity contribution in [3.8, 4) is 5.75 Å². The second-order valence-electron chi connectivity index (χ2n) is 4.30. The summed E-state index contributed by atoms with van der Waals surface area (Å²) in [5.41, 5.74) is 5.78. The molecule has 0 radical (unpaired) electrons. The number of nitrogens with zero attached hydrogens (tertiary/aromatic N) is 3. The number of nitrogens with two attached hydrogens (primary N) is 1. The van der Waals surface area contributed by atoms with E-state index in [0.717, 1.165) is 18.1 Å². The van der Waals surface area contributed by atoms with Gasteiger partial charge in [0, 0.05) is 19.1 Å². The third kappa shape index (κ3) is 3.23. The molecule has 1 rings (SSSR count). The van der Waals surface area contributed by atoms with E-state index in [9.17, 15) is 0 Å². The van der Waals surface area contributed by atoms with Gasteiger partial charge in [0.1, 0.15) is 0 Å². The van der Waals surface area contributed by atoms with Crippen molar-refractivity contribution >= 4 is 22.4 Å². The molecule has 0 fully saturated rings. The Balaban J connectivity index is 2.92. The SMILES string of the molecule is CCN(c1snc(N)c1OC)C(C)CN(C)C. The lowest BCUT2D eigenvalue weighted by Gasteiger charge is -2.30. The van der Waals surface area contributed by atoms with Crippen LogP contribution in [-0.2, 0) is 0 Å². The highest BCUT2D eigenvalue weighted by atomic mass is 32.1. The van der Waals surface area contributed by atoms with Gasteiger partial charge in [0.25, 0.3) is 0 Å². The van der Waals surface area contributed by atoms with Crippen molar-refractivity contribution in [3.63, 3.8) is 0 Å². The topological polar surface area (TPSA) is 54.6 Å². The average Bonchev–Trinajstić information content (AvgIpc) is 2.60. The van der Waals surface area contributed by atoms with Gasteiger partial charge in [-0.1, -0.05) is 0 Å². The second kappa shape index (κ2) is 6.07. The van der Waals surface area contributed by atoms with Gasteiger partial charge in [-0.3, -0.25) is 0 Å². The van der Waals surface area contributed by atoms with Crippen LogP contribution < -0.4 is 15.4 Å². The molecule has 0 aliphatic heterocycles. The molecular weight excluding hydrogens is 236 g/mol. The van der Waals surface area contributed by atoms with E-state index in [1.165, 1.54) is 11.5 Å². The zero-order valence-corrected chi connectivity index (χ0v) is 12.0. The fourth-order valence-electron chi connectivity index (χ4n) is 1.94. The summed E-state index contributed by atoms with van der Waals surface area (Å²) in [6.45, 7) is 6.21. The Kier molecular flexibility index (Phi) is 5.02. The minimum atomic E-state index is 0.392. The number of ether oxygens (including phenoxy) is 1. The fourth-order valence-corrected chi connectivity index (χ4v) is 2.89. The van der Waals surface area contributed by atoms with Gasteiger partial charge in [-0.2, -0.15) is 4.37 Å². The number of hydrogen-bond acceptors (Lipinski definition) is 6. The molecule has 5 nitrogen and oxygen atoms in total. The first kappa shape index (κ1) is 14.1. The molecule has 1 heterocycles. The van der Waals surface area contributed by atoms with Gasteiger partial charge in [-0.25, -0.2) is 0 Å². The van der Waals surface area contributed by atoms with E-state index in [0.29, 0.717) is 17.6 Å². The Hall–Kier alpha value is -1.01. The summed E-state index contributed by atoms with van der Waals surface area (Å²) in [5, 5.41) is 1.02. The van der Waals surface area contributed by atoms with Gasteiger partial charge in [-0.05, 0) is 39.5 Å². The number of aromatic nitrogens is 1. The lowest BCUT2D eigenvalue weighted by molar-refractivity contribution is 0.370. The van der Waals surface area contributed by atoms with Crippen molar-refractivity contribution in [2.45, 2.75) is 19.9 Å². The minimum absolute atomic E-state index is 0.392. The molecule has 98 valence electrons. The van der Waals surface area contributed by atoms with Gasteiger partial charge in [0.2, 0.25) is 0 Å². The summed E-state index contributed by atoms with van der Waals surface area (Å²) >= 11 is 1.40. The molecule has 17 heavy (non-hydrogen) atoms. The van der Waals surface area contributed by atoms with Gasteiger partial charge < -0.3 is 20.3 Å². The van der Waals surface area contributed by atoms with Gasteiger partial charge in [0.15, 0.2) is 16.6 Å². The van der Waals surface area contributed by atoms with Crippen molar-refractivity contribution in [2.24, 2.45) is 0 Å². The third-order valence-electron chi connectivity index (χ3n) is 2.62. The monoisotopic (exact) mass is 258 g/mol. The molecular formula is C11H22N4OS. The standard InChI is InChI=1S/C11H22N4OS/c1-6-15(8(2)7-14(3)4)11-9(16-5)10(12)13-17-11/h8H,6-7H2,1-5H3,(H2,12,13). The Bertz CT molecular complexity index is 353. The Morgan fingerprint density at radius 3 is 2.59 bits per heavy atom. The molecule has 1 aromatic rings. The van der Waals surface area contributed by atoms with Crippen LogP contribution in [0.4, 0.5) is 10.8 Å². The van der Waals surface area contributed by atoms with Gasteiger partial charge in [0.05, 0.1) is 7.11 Å². The van der Waals surface area contributed by atoms with Crippen LogP contribution in [0.5, 0.6) is 5.75 Å². The molecule has 0 spiro atoms. The number of hydrogen-bond donors (Lipinski definition) is 1. The van der Waals surface area contributed by atoms with E-state index in [1.807, 2.05) is 0 Å². The van der Waals surface area contributed by atoms with E-state index in [-0.39, 0.29) is 0 Å². The van der Waals surface area contributed by atoms with Gasteiger partial charge in [-0.15, -0.1) is 0 Å². The van der Waals surface area contributed by atoms with Crippen molar-refractivity contribution in [3.05, 3.63) is 0 Å². The number of likely N-dealkylation sites (N-methyl/N-ethyl adjacent to an activating group) is 2. The number of nitrogen functional groups attached to an aromatic ring is 1. The first-order valence-corrected chi connectivity index (χ1v) is 6.49. The highest BCUT2D eigenvalue weighted by Crippen LogP contribution is 2.38. The van der Waals surface area contributed by atoms with Crippen molar-refractivity contribution in [1.29, 1.82) is 0 Å². The highest BCUT2D eigenvalue weighted by Gasteiger charge is 2.21. The zero-order valence-electron chi connectivity index (χ0n) is 11.2. The van der Waals surface area contributed by atoms with Crippen LogP contribution in [-0.4, -0.2) is 49.6 Å². The van der Waals surface area contributed by atoms with E-state index in [1.54, 1.807) is 7.11 Å². The summed E-state index contributed by atoms with van der Waals surface area (Å²) < 4.78 is 9.48. The molecule has 2 N–H and O–H groups in total. The fraction of sp³-hybridized carbons (Fsp3) is 0.727. The summed E-state index contributed by atoms with van der Waals surface area (Å²) in [7, 11) is 5.78. The number of anilines is 2. The van der Waals surface area contributed by atoms with Crippen molar-refractivity contribution in [2.75, 3.05) is 44.9 Å². The van der Waals surface area contributed by atoms with Crippen LogP contribution in [0.25, 0.3) is 0 Å². The quantitative estimate of drug-likeness (QED) is 0.838. The largest absolute Gasteiger partial charge is 0.490 e. The maximum absolute atomic E-state index is 5.78. The highest BCUT2D eigenvalue weighted by molar-refractivity contribution is 7.11. The Morgan fingerprint density at radius 1 is 1.47 bits per heavy atom. The van der Waals surface area contributed by atoms with E-state index >= 15 is 0 Å². The molecule has 1 unspecified atom stereocenters. The lowest BCUT2D eigenvalue weighted by atomic mass is 10.2. The first-order valence-electron chi connectivity index (χ1n) is 5.71. The van der Waals surface area contributed by atoms with Crippen LogP contribution in [0.2, 0.25) is 0 Å². The predicted octanol–water partition coefficient (Wildman–Crippen LogP) is 1.51. The lowest BCUT2D eigenvalue weighted by Crippen LogP contribution is -2.39. The van der Waals surface area contributed by atoms with E-state index < -0.39 is 0 Å². The molecule has 1 atom stereocenters. The molecule has 0 aliphatic rings. The molecule has 0 saturated heterocycles. The van der Waals surface area contributed by atoms with Crippen molar-refractivity contribution < 1.29 is 4.74 Å². The Labute approximate surface area is 107 Å².